The predicted molar refractivity (Wildman–Crippen MR) is 90.5 cm³/mol. The largest absolute Gasteiger partial charge is 0.377 e. The third-order valence-electron chi connectivity index (χ3n) is 8.87. The number of rotatable bonds is 0. The van der Waals surface area contributed by atoms with Crippen molar-refractivity contribution in [2.75, 3.05) is 0 Å². The van der Waals surface area contributed by atoms with E-state index in [-0.39, 0.29) is 5.41 Å². The first kappa shape index (κ1) is 15.7. The standard InChI is InChI=1S/C21H30O2/c1-4-21(23)12-9-18-16-6-5-14-13-15(22)7-10-19(14,2)17(16)8-11-20(18,21)3/h1,14,16-18,23H,5-13H2,2-3H3/t14?,16?,17?,18?,19?,20-,21-/m0/s1. The van der Waals surface area contributed by atoms with E-state index >= 15 is 0 Å². The van der Waals surface area contributed by atoms with E-state index in [1.54, 1.807) is 0 Å². The Morgan fingerprint density at radius 3 is 2.57 bits per heavy atom. The Hall–Kier alpha value is -0.810. The minimum atomic E-state index is -0.900. The highest BCUT2D eigenvalue weighted by molar-refractivity contribution is 5.79. The smallest absolute Gasteiger partial charge is 0.133 e. The van der Waals surface area contributed by atoms with Gasteiger partial charge in [-0.15, -0.1) is 6.42 Å². The normalized spacial score (nSPS) is 55.5. The van der Waals surface area contributed by atoms with Gasteiger partial charge in [-0.25, -0.2) is 0 Å². The molecule has 23 heavy (non-hydrogen) atoms. The first-order valence-corrected chi connectivity index (χ1v) is 9.56. The molecule has 0 bridgehead atoms. The number of hydrogen-bond acceptors (Lipinski definition) is 2. The number of carbonyl (C=O) groups excluding carboxylic acids is 1. The first-order chi connectivity index (χ1) is 10.8. The van der Waals surface area contributed by atoms with E-state index in [4.69, 9.17) is 6.42 Å². The Bertz CT molecular complexity index is 575. The molecular formula is C21H30O2. The van der Waals surface area contributed by atoms with Crippen molar-refractivity contribution < 1.29 is 9.90 Å². The van der Waals surface area contributed by atoms with Gasteiger partial charge in [0.1, 0.15) is 11.4 Å². The van der Waals surface area contributed by atoms with Gasteiger partial charge in [-0.2, -0.15) is 0 Å². The van der Waals surface area contributed by atoms with E-state index in [1.165, 1.54) is 19.3 Å². The van der Waals surface area contributed by atoms with Crippen LogP contribution in [0.3, 0.4) is 0 Å². The molecule has 4 aliphatic carbocycles. The number of aliphatic hydroxyl groups is 1. The van der Waals surface area contributed by atoms with Crippen LogP contribution in [0, 0.1) is 46.8 Å². The summed E-state index contributed by atoms with van der Waals surface area (Å²) >= 11 is 0. The Morgan fingerprint density at radius 1 is 1.09 bits per heavy atom. The van der Waals surface area contributed by atoms with Gasteiger partial charge in [0.15, 0.2) is 0 Å². The summed E-state index contributed by atoms with van der Waals surface area (Å²) < 4.78 is 0. The summed E-state index contributed by atoms with van der Waals surface area (Å²) in [6, 6.07) is 0. The molecule has 5 unspecified atom stereocenters. The van der Waals surface area contributed by atoms with Crippen LogP contribution >= 0.6 is 0 Å². The van der Waals surface area contributed by atoms with Crippen LogP contribution in [0.5, 0.6) is 0 Å². The molecule has 4 rings (SSSR count). The van der Waals surface area contributed by atoms with Crippen molar-refractivity contribution in [2.24, 2.45) is 34.5 Å². The molecule has 0 heterocycles. The molecule has 4 fully saturated rings. The van der Waals surface area contributed by atoms with Crippen LogP contribution in [0.4, 0.5) is 0 Å². The van der Waals surface area contributed by atoms with Crippen molar-refractivity contribution in [3.63, 3.8) is 0 Å². The third-order valence-corrected chi connectivity index (χ3v) is 8.87. The van der Waals surface area contributed by atoms with Gasteiger partial charge in [-0.3, -0.25) is 4.79 Å². The number of terminal acetylenes is 1. The van der Waals surface area contributed by atoms with Gasteiger partial charge in [0.25, 0.3) is 0 Å². The summed E-state index contributed by atoms with van der Waals surface area (Å²) in [7, 11) is 0. The molecule has 2 nitrogen and oxygen atoms in total. The Labute approximate surface area is 140 Å². The molecule has 0 aromatic carbocycles. The summed E-state index contributed by atoms with van der Waals surface area (Å²) in [6.45, 7) is 4.71. The van der Waals surface area contributed by atoms with E-state index < -0.39 is 5.60 Å². The molecule has 126 valence electrons. The molecule has 4 aliphatic rings. The maximum absolute atomic E-state index is 11.9. The molecule has 7 atom stereocenters. The van der Waals surface area contributed by atoms with Gasteiger partial charge < -0.3 is 5.11 Å². The molecule has 0 saturated heterocycles. The molecule has 0 aromatic heterocycles. The highest BCUT2D eigenvalue weighted by atomic mass is 16.3. The Balaban J connectivity index is 1.66. The summed E-state index contributed by atoms with van der Waals surface area (Å²) in [6.07, 6.45) is 14.9. The maximum atomic E-state index is 11.9. The highest BCUT2D eigenvalue weighted by Gasteiger charge is 2.64. The summed E-state index contributed by atoms with van der Waals surface area (Å²) in [4.78, 5) is 11.9. The number of carbonyl (C=O) groups is 1. The third kappa shape index (κ3) is 1.89. The topological polar surface area (TPSA) is 37.3 Å². The lowest BCUT2D eigenvalue weighted by atomic mass is 9.44. The lowest BCUT2D eigenvalue weighted by Crippen LogP contribution is -2.56. The molecule has 0 aliphatic heterocycles. The zero-order chi connectivity index (χ0) is 16.5. The number of hydrogen-bond donors (Lipinski definition) is 1. The van der Waals surface area contributed by atoms with Crippen molar-refractivity contribution in [3.8, 4) is 12.3 Å². The Morgan fingerprint density at radius 2 is 1.83 bits per heavy atom. The minimum Gasteiger partial charge on any atom is -0.377 e. The average Bonchev–Trinajstić information content (AvgIpc) is 2.80. The van der Waals surface area contributed by atoms with Crippen LogP contribution in [0.25, 0.3) is 0 Å². The van der Waals surface area contributed by atoms with E-state index in [0.29, 0.717) is 29.0 Å². The van der Waals surface area contributed by atoms with Gasteiger partial charge >= 0.3 is 0 Å². The predicted octanol–water partition coefficient (Wildman–Crippen LogP) is 3.96. The molecular weight excluding hydrogens is 284 g/mol. The van der Waals surface area contributed by atoms with Crippen molar-refractivity contribution >= 4 is 5.78 Å². The molecule has 0 amide bonds. The van der Waals surface area contributed by atoms with Crippen molar-refractivity contribution in [3.05, 3.63) is 0 Å². The average molecular weight is 314 g/mol. The summed E-state index contributed by atoms with van der Waals surface area (Å²) in [5, 5.41) is 11.0. The van der Waals surface area contributed by atoms with Crippen molar-refractivity contribution in [1.29, 1.82) is 0 Å². The van der Waals surface area contributed by atoms with E-state index in [9.17, 15) is 9.90 Å². The molecule has 1 N–H and O–H groups in total. The fraction of sp³-hybridized carbons (Fsp3) is 0.857. The van der Waals surface area contributed by atoms with Crippen LogP contribution in [0.1, 0.15) is 71.6 Å². The van der Waals surface area contributed by atoms with Crippen LogP contribution < -0.4 is 0 Å². The summed E-state index contributed by atoms with van der Waals surface area (Å²) in [5.41, 5.74) is -0.658. The second-order valence-electron chi connectivity index (χ2n) is 9.40. The van der Waals surface area contributed by atoms with Gasteiger partial charge in [0.05, 0.1) is 0 Å². The quantitative estimate of drug-likeness (QED) is 0.687. The number of Topliss-reactive ketones (excluding diaryl/α,β-unsaturated/α-hetero) is 1. The molecule has 0 aromatic rings. The fourth-order valence-electron chi connectivity index (χ4n) is 7.30. The number of fused-ring (bicyclic) bond motifs is 5. The van der Waals surface area contributed by atoms with Gasteiger partial charge in [-0.1, -0.05) is 19.8 Å². The van der Waals surface area contributed by atoms with E-state index in [0.717, 1.165) is 44.4 Å². The number of ketones is 1. The lowest BCUT2D eigenvalue weighted by Gasteiger charge is -2.60. The summed E-state index contributed by atoms with van der Waals surface area (Å²) in [5.74, 6) is 5.83. The van der Waals surface area contributed by atoms with Crippen LogP contribution in [-0.4, -0.2) is 16.5 Å². The van der Waals surface area contributed by atoms with E-state index in [1.807, 2.05) is 0 Å². The van der Waals surface area contributed by atoms with Crippen LogP contribution in [-0.2, 0) is 4.79 Å². The monoisotopic (exact) mass is 314 g/mol. The second-order valence-corrected chi connectivity index (χ2v) is 9.40. The van der Waals surface area contributed by atoms with Crippen molar-refractivity contribution in [2.45, 2.75) is 77.2 Å². The zero-order valence-electron chi connectivity index (χ0n) is 14.6. The van der Waals surface area contributed by atoms with Crippen LogP contribution in [0.15, 0.2) is 0 Å². The van der Waals surface area contributed by atoms with Crippen LogP contribution in [0.2, 0.25) is 0 Å². The maximum Gasteiger partial charge on any atom is 0.133 e. The molecule has 2 heteroatoms. The zero-order valence-corrected chi connectivity index (χ0v) is 14.6. The first-order valence-electron chi connectivity index (χ1n) is 9.56. The highest BCUT2D eigenvalue weighted by Crippen LogP contribution is 2.67. The SMILES string of the molecule is C#C[C@]1(O)CCC2C3CCC4CC(=O)CCC4(C)C3CC[C@@]21C. The fourth-order valence-corrected chi connectivity index (χ4v) is 7.30. The molecule has 4 saturated carbocycles. The second kappa shape index (κ2) is 4.85. The lowest BCUT2D eigenvalue weighted by molar-refractivity contribution is -0.147. The Kier molecular flexibility index (Phi) is 3.31. The molecule has 0 radical (unpaired) electrons. The van der Waals surface area contributed by atoms with Gasteiger partial charge in [0, 0.05) is 18.3 Å². The van der Waals surface area contributed by atoms with Gasteiger partial charge in [0.2, 0.25) is 0 Å². The van der Waals surface area contributed by atoms with Crippen molar-refractivity contribution in [1.82, 2.24) is 0 Å². The molecule has 0 spiro atoms. The van der Waals surface area contributed by atoms with Gasteiger partial charge in [-0.05, 0) is 74.0 Å². The minimum absolute atomic E-state index is 0.101. The van der Waals surface area contributed by atoms with E-state index in [2.05, 4.69) is 19.8 Å².